The molecule has 1 aliphatic rings. The van der Waals surface area contributed by atoms with Crippen LogP contribution in [0.15, 0.2) is 28.7 Å². The van der Waals surface area contributed by atoms with E-state index in [9.17, 15) is 9.59 Å². The monoisotopic (exact) mass is 352 g/mol. The quantitative estimate of drug-likeness (QED) is 0.818. The Hall–Kier alpha value is -1.36. The van der Waals surface area contributed by atoms with E-state index in [1.807, 2.05) is 6.07 Å². The highest BCUT2D eigenvalue weighted by atomic mass is 79.9. The van der Waals surface area contributed by atoms with Crippen LogP contribution in [0.4, 0.5) is 0 Å². The SMILES string of the molecule is O=C(CNC(=O)c1ccccc1Br)NC1CCCCCC1. The molecule has 0 saturated heterocycles. The normalized spacial score (nSPS) is 16.0. The number of amides is 2. The predicted molar refractivity (Wildman–Crippen MR) is 86.1 cm³/mol. The van der Waals surface area contributed by atoms with Gasteiger partial charge in [0.25, 0.3) is 5.91 Å². The Morgan fingerprint density at radius 2 is 1.76 bits per heavy atom. The first-order chi connectivity index (χ1) is 10.2. The van der Waals surface area contributed by atoms with Gasteiger partial charge in [0.2, 0.25) is 5.91 Å². The van der Waals surface area contributed by atoms with Crippen molar-refractivity contribution in [2.45, 2.75) is 44.6 Å². The molecule has 21 heavy (non-hydrogen) atoms. The molecule has 2 N–H and O–H groups in total. The van der Waals surface area contributed by atoms with Crippen molar-refractivity contribution in [3.63, 3.8) is 0 Å². The first-order valence-electron chi connectivity index (χ1n) is 7.49. The van der Waals surface area contributed by atoms with Crippen molar-refractivity contribution in [3.8, 4) is 0 Å². The number of benzene rings is 1. The molecule has 0 unspecified atom stereocenters. The van der Waals surface area contributed by atoms with Gasteiger partial charge in [-0.25, -0.2) is 0 Å². The van der Waals surface area contributed by atoms with Crippen LogP contribution in [0, 0.1) is 0 Å². The third-order valence-corrected chi connectivity index (χ3v) is 4.44. The third kappa shape index (κ3) is 5.16. The van der Waals surface area contributed by atoms with E-state index in [0.29, 0.717) is 5.56 Å². The van der Waals surface area contributed by atoms with Crippen molar-refractivity contribution in [1.82, 2.24) is 10.6 Å². The molecule has 1 aromatic rings. The number of rotatable bonds is 4. The van der Waals surface area contributed by atoms with Crippen LogP contribution >= 0.6 is 15.9 Å². The maximum atomic E-state index is 12.0. The van der Waals surface area contributed by atoms with Crippen molar-refractivity contribution in [3.05, 3.63) is 34.3 Å². The van der Waals surface area contributed by atoms with E-state index in [2.05, 4.69) is 26.6 Å². The van der Waals surface area contributed by atoms with Crippen molar-refractivity contribution in [2.75, 3.05) is 6.54 Å². The first kappa shape index (κ1) is 16.0. The number of hydrogen-bond donors (Lipinski definition) is 2. The van der Waals surface area contributed by atoms with Crippen LogP contribution in [-0.4, -0.2) is 24.4 Å². The van der Waals surface area contributed by atoms with E-state index in [-0.39, 0.29) is 24.4 Å². The lowest BCUT2D eigenvalue weighted by atomic mass is 10.1. The van der Waals surface area contributed by atoms with Gasteiger partial charge < -0.3 is 10.6 Å². The van der Waals surface area contributed by atoms with Crippen molar-refractivity contribution < 1.29 is 9.59 Å². The molecule has 0 heterocycles. The van der Waals surface area contributed by atoms with Crippen molar-refractivity contribution >= 4 is 27.7 Å². The molecule has 1 aliphatic carbocycles. The van der Waals surface area contributed by atoms with E-state index in [0.717, 1.165) is 17.3 Å². The summed E-state index contributed by atoms with van der Waals surface area (Å²) in [5, 5.41) is 5.68. The number of carbonyl (C=O) groups excluding carboxylic acids is 2. The summed E-state index contributed by atoms with van der Waals surface area (Å²) < 4.78 is 0.728. The maximum Gasteiger partial charge on any atom is 0.252 e. The summed E-state index contributed by atoms with van der Waals surface area (Å²) in [4.78, 5) is 23.9. The highest BCUT2D eigenvalue weighted by Gasteiger charge is 2.15. The zero-order chi connectivity index (χ0) is 15.1. The van der Waals surface area contributed by atoms with Gasteiger partial charge in [-0.2, -0.15) is 0 Å². The van der Waals surface area contributed by atoms with E-state index in [1.54, 1.807) is 18.2 Å². The molecule has 1 aromatic carbocycles. The second kappa shape index (κ2) is 8.17. The molecule has 0 radical (unpaired) electrons. The zero-order valence-electron chi connectivity index (χ0n) is 12.0. The fourth-order valence-corrected chi connectivity index (χ4v) is 3.07. The van der Waals surface area contributed by atoms with Gasteiger partial charge >= 0.3 is 0 Å². The molecule has 0 atom stereocenters. The molecule has 0 bridgehead atoms. The van der Waals surface area contributed by atoms with Crippen LogP contribution in [0.2, 0.25) is 0 Å². The van der Waals surface area contributed by atoms with Gasteiger partial charge in [-0.15, -0.1) is 0 Å². The van der Waals surface area contributed by atoms with Gasteiger partial charge in [-0.05, 0) is 40.9 Å². The maximum absolute atomic E-state index is 12.0. The second-order valence-corrected chi connectivity index (χ2v) is 6.27. The second-order valence-electron chi connectivity index (χ2n) is 5.42. The fourth-order valence-electron chi connectivity index (χ4n) is 2.60. The molecule has 2 rings (SSSR count). The summed E-state index contributed by atoms with van der Waals surface area (Å²) in [5.74, 6) is -0.346. The van der Waals surface area contributed by atoms with Crippen LogP contribution in [0.3, 0.4) is 0 Å². The Morgan fingerprint density at radius 1 is 1.10 bits per heavy atom. The largest absolute Gasteiger partial charge is 0.352 e. The molecule has 0 aromatic heterocycles. The van der Waals surface area contributed by atoms with Crippen LogP contribution in [-0.2, 0) is 4.79 Å². The van der Waals surface area contributed by atoms with Crippen molar-refractivity contribution in [1.29, 1.82) is 0 Å². The Bertz CT molecular complexity index is 497. The Balaban J connectivity index is 1.78. The smallest absolute Gasteiger partial charge is 0.252 e. The van der Waals surface area contributed by atoms with Crippen molar-refractivity contribution in [2.24, 2.45) is 0 Å². The fraction of sp³-hybridized carbons (Fsp3) is 0.500. The Kier molecular flexibility index (Phi) is 6.23. The molecule has 0 aliphatic heterocycles. The molecule has 2 amide bonds. The summed E-state index contributed by atoms with van der Waals surface area (Å²) >= 11 is 3.33. The Morgan fingerprint density at radius 3 is 2.43 bits per heavy atom. The molecule has 0 spiro atoms. The predicted octanol–water partition coefficient (Wildman–Crippen LogP) is 3.02. The minimum atomic E-state index is -0.238. The zero-order valence-corrected chi connectivity index (χ0v) is 13.6. The average molecular weight is 353 g/mol. The van der Waals surface area contributed by atoms with Crippen LogP contribution in [0.1, 0.15) is 48.9 Å². The van der Waals surface area contributed by atoms with E-state index < -0.39 is 0 Å². The topological polar surface area (TPSA) is 58.2 Å². The third-order valence-electron chi connectivity index (χ3n) is 3.75. The van der Waals surface area contributed by atoms with Crippen LogP contribution in [0.25, 0.3) is 0 Å². The van der Waals surface area contributed by atoms with Gasteiger partial charge in [0.15, 0.2) is 0 Å². The molecule has 1 fully saturated rings. The summed E-state index contributed by atoms with van der Waals surface area (Å²) in [7, 11) is 0. The van der Waals surface area contributed by atoms with Gasteiger partial charge in [0.1, 0.15) is 0 Å². The summed E-state index contributed by atoms with van der Waals surface area (Å²) in [6, 6.07) is 7.44. The van der Waals surface area contributed by atoms with Gasteiger partial charge in [-0.1, -0.05) is 37.8 Å². The summed E-state index contributed by atoms with van der Waals surface area (Å²) in [5.41, 5.74) is 0.541. The molecule has 114 valence electrons. The number of carbonyl (C=O) groups is 2. The van der Waals surface area contributed by atoms with Crippen LogP contribution in [0.5, 0.6) is 0 Å². The highest BCUT2D eigenvalue weighted by Crippen LogP contribution is 2.17. The number of nitrogens with one attached hydrogen (secondary N) is 2. The molecule has 1 saturated carbocycles. The molecule has 5 heteroatoms. The standard InChI is InChI=1S/C16H21BrN2O2/c17-14-10-6-5-9-13(14)16(21)18-11-15(20)19-12-7-3-1-2-4-8-12/h5-6,9-10,12H,1-4,7-8,11H2,(H,18,21)(H,19,20). The van der Waals surface area contributed by atoms with E-state index >= 15 is 0 Å². The Labute approximate surface area is 133 Å². The first-order valence-corrected chi connectivity index (χ1v) is 8.28. The van der Waals surface area contributed by atoms with Crippen LogP contribution < -0.4 is 10.6 Å². The summed E-state index contributed by atoms with van der Waals surface area (Å²) in [6.07, 6.45) is 6.95. The van der Waals surface area contributed by atoms with E-state index in [4.69, 9.17) is 0 Å². The minimum Gasteiger partial charge on any atom is -0.352 e. The molecular formula is C16H21BrN2O2. The minimum absolute atomic E-state index is 0.0245. The lowest BCUT2D eigenvalue weighted by Gasteiger charge is -2.16. The highest BCUT2D eigenvalue weighted by molar-refractivity contribution is 9.10. The van der Waals surface area contributed by atoms with Gasteiger partial charge in [-0.3, -0.25) is 9.59 Å². The number of hydrogen-bond acceptors (Lipinski definition) is 2. The van der Waals surface area contributed by atoms with Gasteiger partial charge in [0.05, 0.1) is 12.1 Å². The van der Waals surface area contributed by atoms with E-state index in [1.165, 1.54) is 25.7 Å². The number of halogens is 1. The molecule has 4 nitrogen and oxygen atoms in total. The molecular weight excluding hydrogens is 332 g/mol. The summed E-state index contributed by atoms with van der Waals surface area (Å²) in [6.45, 7) is 0.0245. The average Bonchev–Trinajstić information content (AvgIpc) is 2.74. The van der Waals surface area contributed by atoms with Gasteiger partial charge in [0, 0.05) is 10.5 Å². The lowest BCUT2D eigenvalue weighted by molar-refractivity contribution is -0.120. The lowest BCUT2D eigenvalue weighted by Crippen LogP contribution is -2.41.